The van der Waals surface area contributed by atoms with Crippen molar-refractivity contribution < 1.29 is 21.8 Å². The summed E-state index contributed by atoms with van der Waals surface area (Å²) in [5.74, 6) is 0.0913. The van der Waals surface area contributed by atoms with Gasteiger partial charge in [-0.1, -0.05) is 29.8 Å². The van der Waals surface area contributed by atoms with Crippen LogP contribution >= 0.6 is 0 Å². The second-order valence-electron chi connectivity index (χ2n) is 5.59. The van der Waals surface area contributed by atoms with Crippen LogP contribution in [0.2, 0.25) is 0 Å². The van der Waals surface area contributed by atoms with Gasteiger partial charge in [0, 0.05) is 5.56 Å². The largest absolute Gasteiger partial charge is 1.00 e. The van der Waals surface area contributed by atoms with E-state index in [1.807, 2.05) is 30.5 Å². The Bertz CT molecular complexity index is 806. The van der Waals surface area contributed by atoms with Gasteiger partial charge in [0.1, 0.15) is 24.6 Å². The summed E-state index contributed by atoms with van der Waals surface area (Å²) >= 11 is 0. The molecule has 0 saturated carbocycles. The smallest absolute Gasteiger partial charge is 0.249 e. The SMILES string of the molecule is CC(=O)c1ccc(-n2cc[n+](Cc3cccc(C)c3)c2)cc1.[Cl-]. The lowest BCUT2D eigenvalue weighted by atomic mass is 10.1. The van der Waals surface area contributed by atoms with E-state index in [1.165, 1.54) is 11.1 Å². The summed E-state index contributed by atoms with van der Waals surface area (Å²) < 4.78 is 4.20. The number of aromatic nitrogens is 2. The molecule has 4 heteroatoms. The Balaban J connectivity index is 0.00000192. The fraction of sp³-hybridized carbons (Fsp3) is 0.158. The van der Waals surface area contributed by atoms with Gasteiger partial charge in [-0.3, -0.25) is 4.79 Å². The van der Waals surface area contributed by atoms with Crippen LogP contribution in [0.15, 0.2) is 67.3 Å². The summed E-state index contributed by atoms with van der Waals surface area (Å²) in [6.07, 6.45) is 6.14. The van der Waals surface area contributed by atoms with Crippen molar-refractivity contribution in [3.8, 4) is 5.69 Å². The van der Waals surface area contributed by atoms with Crippen LogP contribution in [0.4, 0.5) is 0 Å². The number of carbonyl (C=O) groups is 1. The summed E-state index contributed by atoms with van der Waals surface area (Å²) in [5.41, 5.74) is 4.35. The molecule has 118 valence electrons. The lowest BCUT2D eigenvalue weighted by molar-refractivity contribution is -0.687. The number of Topliss-reactive ketones (excluding diaryl/α,β-unsaturated/α-hetero) is 1. The third-order valence-corrected chi connectivity index (χ3v) is 3.71. The number of nitrogens with zero attached hydrogens (tertiary/aromatic N) is 2. The number of carbonyl (C=O) groups excluding carboxylic acids is 1. The van der Waals surface area contributed by atoms with E-state index in [1.54, 1.807) is 6.92 Å². The molecule has 0 bridgehead atoms. The van der Waals surface area contributed by atoms with Crippen molar-refractivity contribution >= 4 is 5.78 Å². The lowest BCUT2D eigenvalue weighted by Gasteiger charge is -2.00. The summed E-state index contributed by atoms with van der Waals surface area (Å²) in [5, 5.41) is 0. The van der Waals surface area contributed by atoms with Crippen LogP contribution in [0, 0.1) is 6.92 Å². The number of halogens is 1. The highest BCUT2D eigenvalue weighted by molar-refractivity contribution is 5.94. The first-order chi connectivity index (χ1) is 10.6. The van der Waals surface area contributed by atoms with E-state index in [9.17, 15) is 4.79 Å². The Kier molecular flexibility index (Phi) is 5.35. The number of hydrogen-bond donors (Lipinski definition) is 0. The number of aryl methyl sites for hydroxylation is 1. The van der Waals surface area contributed by atoms with Gasteiger partial charge < -0.3 is 12.4 Å². The summed E-state index contributed by atoms with van der Waals surface area (Å²) in [6, 6.07) is 16.2. The van der Waals surface area contributed by atoms with Crippen LogP contribution < -0.4 is 17.0 Å². The zero-order chi connectivity index (χ0) is 15.5. The number of hydrogen-bond acceptors (Lipinski definition) is 1. The maximum atomic E-state index is 11.3. The van der Waals surface area contributed by atoms with Gasteiger partial charge in [-0.2, -0.15) is 0 Å². The topological polar surface area (TPSA) is 25.9 Å². The zero-order valence-corrected chi connectivity index (χ0v) is 14.0. The predicted octanol–water partition coefficient (Wildman–Crippen LogP) is 0.328. The van der Waals surface area contributed by atoms with Gasteiger partial charge in [-0.25, -0.2) is 9.13 Å². The molecule has 23 heavy (non-hydrogen) atoms. The monoisotopic (exact) mass is 326 g/mol. The molecule has 0 aliphatic heterocycles. The molecule has 0 amide bonds. The second-order valence-corrected chi connectivity index (χ2v) is 5.59. The lowest BCUT2D eigenvalue weighted by Crippen LogP contribution is -3.00. The van der Waals surface area contributed by atoms with Crippen LogP contribution in [0.5, 0.6) is 0 Å². The Labute approximate surface area is 142 Å². The number of imidazole rings is 1. The summed E-state index contributed by atoms with van der Waals surface area (Å²) in [6.45, 7) is 4.54. The van der Waals surface area contributed by atoms with E-state index in [4.69, 9.17) is 0 Å². The van der Waals surface area contributed by atoms with Crippen molar-refractivity contribution in [1.82, 2.24) is 4.57 Å². The quantitative estimate of drug-likeness (QED) is 0.501. The third-order valence-electron chi connectivity index (χ3n) is 3.71. The Morgan fingerprint density at radius 1 is 1.13 bits per heavy atom. The minimum absolute atomic E-state index is 0. The van der Waals surface area contributed by atoms with E-state index in [0.717, 1.165) is 17.8 Å². The molecule has 0 unspecified atom stereocenters. The van der Waals surface area contributed by atoms with Crippen LogP contribution in [0.1, 0.15) is 28.4 Å². The normalized spacial score (nSPS) is 10.2. The van der Waals surface area contributed by atoms with E-state index < -0.39 is 0 Å². The first-order valence-electron chi connectivity index (χ1n) is 7.36. The molecular weight excluding hydrogens is 308 g/mol. The molecule has 0 aliphatic rings. The molecule has 0 spiro atoms. The molecule has 2 aromatic carbocycles. The first kappa shape index (κ1) is 17.0. The average Bonchev–Trinajstić information content (AvgIpc) is 2.96. The van der Waals surface area contributed by atoms with Gasteiger partial charge in [0.25, 0.3) is 0 Å². The van der Waals surface area contributed by atoms with Crippen molar-refractivity contribution in [2.45, 2.75) is 20.4 Å². The van der Waals surface area contributed by atoms with Gasteiger partial charge in [-0.15, -0.1) is 0 Å². The van der Waals surface area contributed by atoms with E-state index >= 15 is 0 Å². The number of ketones is 1. The Morgan fingerprint density at radius 3 is 2.52 bits per heavy atom. The highest BCUT2D eigenvalue weighted by Crippen LogP contribution is 2.10. The van der Waals surface area contributed by atoms with Crippen LogP contribution in [0.25, 0.3) is 5.69 Å². The molecule has 3 rings (SSSR count). The van der Waals surface area contributed by atoms with Gasteiger partial charge in [0.15, 0.2) is 5.78 Å². The summed E-state index contributed by atoms with van der Waals surface area (Å²) in [7, 11) is 0. The molecule has 0 N–H and O–H groups in total. The highest BCUT2D eigenvalue weighted by Gasteiger charge is 2.08. The van der Waals surface area contributed by atoms with E-state index in [-0.39, 0.29) is 18.2 Å². The fourth-order valence-electron chi connectivity index (χ4n) is 2.53. The Hall–Kier alpha value is -2.39. The van der Waals surface area contributed by atoms with Crippen molar-refractivity contribution in [1.29, 1.82) is 0 Å². The Morgan fingerprint density at radius 2 is 1.87 bits per heavy atom. The maximum Gasteiger partial charge on any atom is 0.249 e. The van der Waals surface area contributed by atoms with Crippen molar-refractivity contribution in [3.05, 3.63) is 83.9 Å². The van der Waals surface area contributed by atoms with Gasteiger partial charge in [-0.05, 0) is 43.7 Å². The molecule has 0 aliphatic carbocycles. The van der Waals surface area contributed by atoms with Crippen LogP contribution in [0.3, 0.4) is 0 Å². The van der Waals surface area contributed by atoms with Crippen molar-refractivity contribution in [2.24, 2.45) is 0 Å². The second kappa shape index (κ2) is 7.25. The molecule has 1 heterocycles. The number of rotatable bonds is 4. The van der Waals surface area contributed by atoms with Gasteiger partial charge in [0.05, 0.1) is 0 Å². The average molecular weight is 327 g/mol. The summed E-state index contributed by atoms with van der Waals surface area (Å²) in [4.78, 5) is 11.3. The number of benzene rings is 2. The molecular formula is C19H19ClN2O. The van der Waals surface area contributed by atoms with E-state index in [0.29, 0.717) is 0 Å². The molecule has 3 aromatic rings. The minimum Gasteiger partial charge on any atom is -1.00 e. The van der Waals surface area contributed by atoms with Crippen molar-refractivity contribution in [2.75, 3.05) is 0 Å². The van der Waals surface area contributed by atoms with Crippen LogP contribution in [-0.4, -0.2) is 10.4 Å². The van der Waals surface area contributed by atoms with Crippen molar-refractivity contribution in [3.63, 3.8) is 0 Å². The van der Waals surface area contributed by atoms with Crippen LogP contribution in [-0.2, 0) is 6.54 Å². The maximum absolute atomic E-state index is 11.3. The fourth-order valence-corrected chi connectivity index (χ4v) is 2.53. The molecule has 0 fully saturated rings. The highest BCUT2D eigenvalue weighted by atomic mass is 35.5. The van der Waals surface area contributed by atoms with Gasteiger partial charge in [0.2, 0.25) is 6.33 Å². The molecule has 0 atom stereocenters. The minimum atomic E-state index is 0. The molecule has 3 nitrogen and oxygen atoms in total. The standard InChI is InChI=1S/C19H19N2O.ClH/c1-15-4-3-5-17(12-15)13-20-10-11-21(14-20)19-8-6-18(7-9-19)16(2)22;/h3-12,14H,13H2,1-2H3;1H/q+1;/p-1. The van der Waals surface area contributed by atoms with E-state index in [2.05, 4.69) is 52.8 Å². The molecule has 1 aromatic heterocycles. The predicted molar refractivity (Wildman–Crippen MR) is 86.2 cm³/mol. The molecule has 0 radical (unpaired) electrons. The zero-order valence-electron chi connectivity index (χ0n) is 13.2. The van der Waals surface area contributed by atoms with Gasteiger partial charge >= 0.3 is 0 Å². The third kappa shape index (κ3) is 4.08. The molecule has 0 saturated heterocycles. The first-order valence-corrected chi connectivity index (χ1v) is 7.36.